The Bertz CT molecular complexity index is 640. The molecular weight excluding hydrogens is 286 g/mol. The molecule has 0 aliphatic heterocycles. The fourth-order valence-corrected chi connectivity index (χ4v) is 2.24. The van der Waals surface area contributed by atoms with Crippen LogP contribution in [-0.2, 0) is 0 Å². The maximum Gasteiger partial charge on any atom is 0.316 e. The summed E-state index contributed by atoms with van der Waals surface area (Å²) in [6.45, 7) is 4.08. The maximum absolute atomic E-state index is 10.8. The van der Waals surface area contributed by atoms with E-state index in [2.05, 4.69) is 17.6 Å². The quantitative estimate of drug-likeness (QED) is 0.787. The van der Waals surface area contributed by atoms with Gasteiger partial charge in [-0.05, 0) is 49.2 Å². The molecule has 1 atom stereocenters. The molecule has 4 N–H and O–H groups in total. The summed E-state index contributed by atoms with van der Waals surface area (Å²) >= 11 is 6.19. The minimum Gasteiger partial charge on any atom is -0.377 e. The second-order valence-corrected chi connectivity index (χ2v) is 5.37. The molecular formula is C16H18ClN3O. The predicted molar refractivity (Wildman–Crippen MR) is 87.9 cm³/mol. The van der Waals surface area contributed by atoms with Gasteiger partial charge in [-0.3, -0.25) is 0 Å². The van der Waals surface area contributed by atoms with Crippen LogP contribution in [0.1, 0.15) is 24.1 Å². The third kappa shape index (κ3) is 4.13. The van der Waals surface area contributed by atoms with Crippen molar-refractivity contribution in [3.8, 4) is 0 Å². The summed E-state index contributed by atoms with van der Waals surface area (Å²) in [7, 11) is 0. The van der Waals surface area contributed by atoms with Crippen molar-refractivity contribution < 1.29 is 4.79 Å². The Balaban J connectivity index is 2.11. The summed E-state index contributed by atoms with van der Waals surface area (Å²) in [5.74, 6) is 0. The summed E-state index contributed by atoms with van der Waals surface area (Å²) in [6, 6.07) is 12.9. The van der Waals surface area contributed by atoms with Crippen molar-refractivity contribution in [2.24, 2.45) is 5.73 Å². The third-order valence-electron chi connectivity index (χ3n) is 3.17. The van der Waals surface area contributed by atoms with Gasteiger partial charge in [0.25, 0.3) is 0 Å². The fraction of sp³-hybridized carbons (Fsp3) is 0.188. The zero-order valence-electron chi connectivity index (χ0n) is 12.0. The molecule has 0 spiro atoms. The van der Waals surface area contributed by atoms with E-state index >= 15 is 0 Å². The number of primary amides is 1. The van der Waals surface area contributed by atoms with Crippen molar-refractivity contribution in [3.63, 3.8) is 0 Å². The van der Waals surface area contributed by atoms with Crippen LogP contribution in [0.3, 0.4) is 0 Å². The van der Waals surface area contributed by atoms with Crippen LogP contribution in [0, 0.1) is 6.92 Å². The van der Waals surface area contributed by atoms with Crippen LogP contribution in [0.4, 0.5) is 16.2 Å². The lowest BCUT2D eigenvalue weighted by atomic mass is 10.1. The number of carbonyl (C=O) groups is 1. The van der Waals surface area contributed by atoms with E-state index in [0.29, 0.717) is 10.7 Å². The Morgan fingerprint density at radius 1 is 1.19 bits per heavy atom. The minimum absolute atomic E-state index is 0.0897. The van der Waals surface area contributed by atoms with Crippen molar-refractivity contribution in [1.29, 1.82) is 0 Å². The Kier molecular flexibility index (Phi) is 4.70. The van der Waals surface area contributed by atoms with Gasteiger partial charge in [-0.1, -0.05) is 29.8 Å². The molecule has 0 heterocycles. The number of halogens is 1. The van der Waals surface area contributed by atoms with Gasteiger partial charge in [-0.25, -0.2) is 4.79 Å². The Morgan fingerprint density at radius 3 is 2.48 bits per heavy atom. The van der Waals surface area contributed by atoms with Crippen molar-refractivity contribution in [2.45, 2.75) is 19.9 Å². The van der Waals surface area contributed by atoms with Gasteiger partial charge >= 0.3 is 6.03 Å². The fourth-order valence-electron chi connectivity index (χ4n) is 2.06. The lowest BCUT2D eigenvalue weighted by Crippen LogP contribution is -2.19. The van der Waals surface area contributed by atoms with E-state index in [0.717, 1.165) is 16.8 Å². The van der Waals surface area contributed by atoms with E-state index in [4.69, 9.17) is 17.3 Å². The van der Waals surface area contributed by atoms with Crippen LogP contribution in [0.15, 0.2) is 42.5 Å². The van der Waals surface area contributed by atoms with E-state index < -0.39 is 6.03 Å². The van der Waals surface area contributed by atoms with Crippen LogP contribution in [0.5, 0.6) is 0 Å². The number of hydrogen-bond acceptors (Lipinski definition) is 2. The predicted octanol–water partition coefficient (Wildman–Crippen LogP) is 4.31. The van der Waals surface area contributed by atoms with Crippen LogP contribution in [0.2, 0.25) is 5.02 Å². The summed E-state index contributed by atoms with van der Waals surface area (Å²) < 4.78 is 0. The Hall–Kier alpha value is -2.20. The first-order chi connectivity index (χ1) is 9.95. The topological polar surface area (TPSA) is 67.2 Å². The molecule has 110 valence electrons. The number of rotatable bonds is 4. The van der Waals surface area contributed by atoms with Crippen molar-refractivity contribution in [1.82, 2.24) is 0 Å². The number of nitrogens with two attached hydrogens (primary N) is 1. The van der Waals surface area contributed by atoms with Crippen molar-refractivity contribution in [2.75, 3.05) is 10.6 Å². The summed E-state index contributed by atoms with van der Waals surface area (Å²) in [5, 5.41) is 6.61. The zero-order valence-corrected chi connectivity index (χ0v) is 12.7. The summed E-state index contributed by atoms with van der Waals surface area (Å²) in [5.41, 5.74) is 8.89. The molecule has 2 rings (SSSR count). The first-order valence-corrected chi connectivity index (χ1v) is 7.02. The normalized spacial score (nSPS) is 11.8. The van der Waals surface area contributed by atoms with Crippen LogP contribution < -0.4 is 16.4 Å². The number of nitrogens with one attached hydrogen (secondary N) is 2. The van der Waals surface area contributed by atoms with Gasteiger partial charge in [0, 0.05) is 11.7 Å². The van der Waals surface area contributed by atoms with E-state index in [9.17, 15) is 4.79 Å². The lowest BCUT2D eigenvalue weighted by molar-refractivity contribution is 0.259. The first kappa shape index (κ1) is 15.2. The SMILES string of the molecule is Cc1ccc(Cl)c(NC(C)c2ccc(NC(N)=O)cc2)c1. The highest BCUT2D eigenvalue weighted by atomic mass is 35.5. The zero-order chi connectivity index (χ0) is 15.4. The smallest absolute Gasteiger partial charge is 0.316 e. The molecule has 0 bridgehead atoms. The highest BCUT2D eigenvalue weighted by molar-refractivity contribution is 6.33. The molecule has 0 aromatic heterocycles. The number of aryl methyl sites for hydroxylation is 1. The second kappa shape index (κ2) is 6.50. The molecule has 21 heavy (non-hydrogen) atoms. The Labute approximate surface area is 129 Å². The van der Waals surface area contributed by atoms with Crippen molar-refractivity contribution >= 4 is 29.0 Å². The van der Waals surface area contributed by atoms with E-state index in [-0.39, 0.29) is 6.04 Å². The molecule has 1 unspecified atom stereocenters. The number of anilines is 2. The lowest BCUT2D eigenvalue weighted by Gasteiger charge is -2.17. The molecule has 5 heteroatoms. The van der Waals surface area contributed by atoms with Gasteiger partial charge < -0.3 is 16.4 Å². The van der Waals surface area contributed by atoms with Crippen LogP contribution in [0.25, 0.3) is 0 Å². The van der Waals surface area contributed by atoms with Gasteiger partial charge in [0.1, 0.15) is 0 Å². The number of urea groups is 1. The maximum atomic E-state index is 10.8. The average molecular weight is 304 g/mol. The number of benzene rings is 2. The highest BCUT2D eigenvalue weighted by Gasteiger charge is 2.08. The van der Waals surface area contributed by atoms with Crippen molar-refractivity contribution in [3.05, 3.63) is 58.6 Å². The van der Waals surface area contributed by atoms with Gasteiger partial charge in [0.05, 0.1) is 10.7 Å². The summed E-state index contributed by atoms with van der Waals surface area (Å²) in [6.07, 6.45) is 0. The number of hydrogen-bond donors (Lipinski definition) is 3. The molecule has 0 aliphatic rings. The van der Waals surface area contributed by atoms with Crippen LogP contribution >= 0.6 is 11.6 Å². The summed E-state index contributed by atoms with van der Waals surface area (Å²) in [4.78, 5) is 10.8. The van der Waals surface area contributed by atoms with E-state index in [1.165, 1.54) is 0 Å². The largest absolute Gasteiger partial charge is 0.377 e. The van der Waals surface area contributed by atoms with Gasteiger partial charge in [0.15, 0.2) is 0 Å². The molecule has 2 aromatic carbocycles. The molecule has 2 amide bonds. The molecule has 0 fully saturated rings. The number of carbonyl (C=O) groups excluding carboxylic acids is 1. The molecule has 0 saturated heterocycles. The van der Waals surface area contributed by atoms with Gasteiger partial charge in [-0.2, -0.15) is 0 Å². The monoisotopic (exact) mass is 303 g/mol. The molecule has 2 aromatic rings. The highest BCUT2D eigenvalue weighted by Crippen LogP contribution is 2.27. The molecule has 0 aliphatic carbocycles. The van der Waals surface area contributed by atoms with Gasteiger partial charge in [-0.15, -0.1) is 0 Å². The van der Waals surface area contributed by atoms with E-state index in [1.807, 2.05) is 49.4 Å². The minimum atomic E-state index is -0.569. The molecule has 4 nitrogen and oxygen atoms in total. The molecule has 0 saturated carbocycles. The average Bonchev–Trinajstić information content (AvgIpc) is 2.43. The second-order valence-electron chi connectivity index (χ2n) is 4.96. The standard InChI is InChI=1S/C16H18ClN3O/c1-10-3-8-14(17)15(9-10)19-11(2)12-4-6-13(7-5-12)20-16(18)21/h3-9,11,19H,1-2H3,(H3,18,20,21). The van der Waals surface area contributed by atoms with Crippen LogP contribution in [-0.4, -0.2) is 6.03 Å². The third-order valence-corrected chi connectivity index (χ3v) is 3.50. The van der Waals surface area contributed by atoms with Gasteiger partial charge in [0.2, 0.25) is 0 Å². The van der Waals surface area contributed by atoms with E-state index in [1.54, 1.807) is 0 Å². The molecule has 0 radical (unpaired) electrons. The number of amides is 2. The Morgan fingerprint density at radius 2 is 1.86 bits per heavy atom. The first-order valence-electron chi connectivity index (χ1n) is 6.65.